The Labute approximate surface area is 96.2 Å². The fourth-order valence-electron chi connectivity index (χ4n) is 1.30. The second-order valence-corrected chi connectivity index (χ2v) is 3.64. The van der Waals surface area contributed by atoms with Crippen molar-refractivity contribution in [2.24, 2.45) is 0 Å². The molecular formula is C12H18N2O2. The molecule has 1 rings (SSSR count). The lowest BCUT2D eigenvalue weighted by molar-refractivity contribution is 0.151. The Morgan fingerprint density at radius 2 is 2.19 bits per heavy atom. The molecule has 88 valence electrons. The van der Waals surface area contributed by atoms with E-state index in [0.717, 1.165) is 11.3 Å². The van der Waals surface area contributed by atoms with Gasteiger partial charge in [-0.2, -0.15) is 0 Å². The van der Waals surface area contributed by atoms with Crippen LogP contribution in [-0.4, -0.2) is 26.8 Å². The number of rotatable bonds is 4. The van der Waals surface area contributed by atoms with Gasteiger partial charge in [0.1, 0.15) is 0 Å². The number of amides is 1. The van der Waals surface area contributed by atoms with Gasteiger partial charge in [0.15, 0.2) is 0 Å². The van der Waals surface area contributed by atoms with Gasteiger partial charge in [0.25, 0.3) is 0 Å². The molecule has 0 atom stereocenters. The van der Waals surface area contributed by atoms with Gasteiger partial charge in [0, 0.05) is 26.3 Å². The molecule has 0 bridgehead atoms. The van der Waals surface area contributed by atoms with Crippen LogP contribution in [0.2, 0.25) is 0 Å². The fraction of sp³-hybridized carbons (Fsp3) is 0.417. The number of ether oxygens (including phenoxy) is 1. The largest absolute Gasteiger partial charge is 0.450 e. The molecule has 0 heterocycles. The molecule has 4 nitrogen and oxygen atoms in total. The van der Waals surface area contributed by atoms with E-state index in [9.17, 15) is 4.79 Å². The van der Waals surface area contributed by atoms with E-state index in [0.29, 0.717) is 13.2 Å². The van der Waals surface area contributed by atoms with Crippen LogP contribution in [-0.2, 0) is 11.3 Å². The maximum absolute atomic E-state index is 11.1. The third-order valence-corrected chi connectivity index (χ3v) is 2.14. The van der Waals surface area contributed by atoms with Gasteiger partial charge in [-0.15, -0.1) is 0 Å². The second-order valence-electron chi connectivity index (χ2n) is 3.64. The standard InChI is InChI=1S/C12H18N2O2/c1-4-16-12(15)13-9-10-6-5-7-11(8-10)14(2)3/h5-8H,4,9H2,1-3H3,(H,13,15). The van der Waals surface area contributed by atoms with Crippen molar-refractivity contribution in [3.63, 3.8) is 0 Å². The number of carbonyl (C=O) groups is 1. The van der Waals surface area contributed by atoms with Crippen molar-refractivity contribution in [3.05, 3.63) is 29.8 Å². The predicted molar refractivity (Wildman–Crippen MR) is 64.6 cm³/mol. The minimum atomic E-state index is -0.377. The average molecular weight is 222 g/mol. The number of hydrogen-bond donors (Lipinski definition) is 1. The Morgan fingerprint density at radius 3 is 2.81 bits per heavy atom. The highest BCUT2D eigenvalue weighted by Gasteiger charge is 2.01. The summed E-state index contributed by atoms with van der Waals surface area (Å²) in [4.78, 5) is 13.1. The monoisotopic (exact) mass is 222 g/mol. The zero-order valence-electron chi connectivity index (χ0n) is 9.99. The number of carbonyl (C=O) groups excluding carboxylic acids is 1. The van der Waals surface area contributed by atoms with Crippen molar-refractivity contribution in [1.82, 2.24) is 5.32 Å². The summed E-state index contributed by atoms with van der Waals surface area (Å²) in [6.07, 6.45) is -0.377. The molecule has 0 saturated carbocycles. The molecule has 1 amide bonds. The molecule has 1 aromatic carbocycles. The van der Waals surface area contributed by atoms with E-state index < -0.39 is 0 Å². The van der Waals surface area contributed by atoms with Crippen LogP contribution in [0, 0.1) is 0 Å². The first kappa shape index (κ1) is 12.4. The maximum Gasteiger partial charge on any atom is 0.407 e. The van der Waals surface area contributed by atoms with Crippen LogP contribution in [0.4, 0.5) is 10.5 Å². The van der Waals surface area contributed by atoms with Crippen molar-refractivity contribution in [1.29, 1.82) is 0 Å². The average Bonchev–Trinajstić information content (AvgIpc) is 2.27. The third-order valence-electron chi connectivity index (χ3n) is 2.14. The van der Waals surface area contributed by atoms with Gasteiger partial charge in [0.2, 0.25) is 0 Å². The topological polar surface area (TPSA) is 41.6 Å². The number of alkyl carbamates (subject to hydrolysis) is 1. The number of nitrogens with one attached hydrogen (secondary N) is 1. The zero-order chi connectivity index (χ0) is 12.0. The van der Waals surface area contributed by atoms with E-state index in [1.807, 2.05) is 43.3 Å². The van der Waals surface area contributed by atoms with Crippen LogP contribution in [0.25, 0.3) is 0 Å². The normalized spacial score (nSPS) is 9.69. The first-order valence-electron chi connectivity index (χ1n) is 5.30. The number of hydrogen-bond acceptors (Lipinski definition) is 3. The SMILES string of the molecule is CCOC(=O)NCc1cccc(N(C)C)c1. The Balaban J connectivity index is 2.54. The highest BCUT2D eigenvalue weighted by Crippen LogP contribution is 2.12. The Hall–Kier alpha value is -1.71. The number of nitrogens with zero attached hydrogens (tertiary/aromatic N) is 1. The van der Waals surface area contributed by atoms with Crippen LogP contribution in [0.15, 0.2) is 24.3 Å². The van der Waals surface area contributed by atoms with Crippen LogP contribution >= 0.6 is 0 Å². The van der Waals surface area contributed by atoms with E-state index >= 15 is 0 Å². The molecule has 0 radical (unpaired) electrons. The molecule has 0 aliphatic rings. The summed E-state index contributed by atoms with van der Waals surface area (Å²) in [7, 11) is 3.97. The quantitative estimate of drug-likeness (QED) is 0.847. The third kappa shape index (κ3) is 3.81. The molecule has 1 N–H and O–H groups in total. The second kappa shape index (κ2) is 6.00. The minimum absolute atomic E-state index is 0.377. The number of benzene rings is 1. The summed E-state index contributed by atoms with van der Waals surface area (Å²) in [6.45, 7) is 2.66. The van der Waals surface area contributed by atoms with E-state index in [1.165, 1.54) is 0 Å². The summed E-state index contributed by atoms with van der Waals surface area (Å²) in [5.74, 6) is 0. The summed E-state index contributed by atoms with van der Waals surface area (Å²) < 4.78 is 4.78. The predicted octanol–water partition coefficient (Wildman–Crippen LogP) is 2.00. The van der Waals surface area contributed by atoms with Gasteiger partial charge in [-0.25, -0.2) is 4.79 Å². The van der Waals surface area contributed by atoms with Gasteiger partial charge in [-0.3, -0.25) is 0 Å². The first-order chi connectivity index (χ1) is 7.63. The van der Waals surface area contributed by atoms with Gasteiger partial charge in [-0.05, 0) is 24.6 Å². The summed E-state index contributed by atoms with van der Waals surface area (Å²) in [5.41, 5.74) is 2.17. The van der Waals surface area contributed by atoms with E-state index in [1.54, 1.807) is 6.92 Å². The summed E-state index contributed by atoms with van der Waals surface area (Å²) in [6, 6.07) is 8.00. The van der Waals surface area contributed by atoms with Crippen molar-refractivity contribution < 1.29 is 9.53 Å². The van der Waals surface area contributed by atoms with E-state index in [-0.39, 0.29) is 6.09 Å². The van der Waals surface area contributed by atoms with Crippen molar-refractivity contribution in [2.75, 3.05) is 25.6 Å². The zero-order valence-corrected chi connectivity index (χ0v) is 9.99. The molecule has 16 heavy (non-hydrogen) atoms. The molecule has 0 saturated heterocycles. The smallest absolute Gasteiger partial charge is 0.407 e. The maximum atomic E-state index is 11.1. The molecule has 4 heteroatoms. The lowest BCUT2D eigenvalue weighted by atomic mass is 10.2. The van der Waals surface area contributed by atoms with Crippen LogP contribution in [0.1, 0.15) is 12.5 Å². The lowest BCUT2D eigenvalue weighted by Crippen LogP contribution is -2.23. The van der Waals surface area contributed by atoms with Crippen molar-refractivity contribution in [2.45, 2.75) is 13.5 Å². The molecule has 0 aliphatic carbocycles. The van der Waals surface area contributed by atoms with Gasteiger partial charge in [0.05, 0.1) is 6.61 Å². The Kier molecular flexibility index (Phi) is 4.64. The van der Waals surface area contributed by atoms with E-state index in [2.05, 4.69) is 5.32 Å². The molecule has 0 fully saturated rings. The fourth-order valence-corrected chi connectivity index (χ4v) is 1.30. The summed E-state index contributed by atoms with van der Waals surface area (Å²) >= 11 is 0. The highest BCUT2D eigenvalue weighted by molar-refractivity contribution is 5.67. The molecule has 0 spiro atoms. The molecule has 0 aromatic heterocycles. The molecular weight excluding hydrogens is 204 g/mol. The van der Waals surface area contributed by atoms with E-state index in [4.69, 9.17) is 4.74 Å². The van der Waals surface area contributed by atoms with Crippen LogP contribution in [0.3, 0.4) is 0 Å². The summed E-state index contributed by atoms with van der Waals surface area (Å²) in [5, 5.41) is 2.69. The van der Waals surface area contributed by atoms with Crippen molar-refractivity contribution >= 4 is 11.8 Å². The van der Waals surface area contributed by atoms with Gasteiger partial charge in [-0.1, -0.05) is 12.1 Å². The highest BCUT2D eigenvalue weighted by atomic mass is 16.5. The molecule has 1 aromatic rings. The molecule has 0 aliphatic heterocycles. The Bertz CT molecular complexity index is 351. The van der Waals surface area contributed by atoms with Crippen LogP contribution < -0.4 is 10.2 Å². The van der Waals surface area contributed by atoms with Crippen LogP contribution in [0.5, 0.6) is 0 Å². The molecule has 0 unspecified atom stereocenters. The first-order valence-corrected chi connectivity index (χ1v) is 5.30. The lowest BCUT2D eigenvalue weighted by Gasteiger charge is -2.13. The van der Waals surface area contributed by atoms with Gasteiger partial charge < -0.3 is 15.0 Å². The Morgan fingerprint density at radius 1 is 1.44 bits per heavy atom. The number of anilines is 1. The van der Waals surface area contributed by atoms with Crippen molar-refractivity contribution in [3.8, 4) is 0 Å². The van der Waals surface area contributed by atoms with Gasteiger partial charge >= 0.3 is 6.09 Å². The minimum Gasteiger partial charge on any atom is -0.450 e.